The molecule has 2 aliphatic heterocycles. The van der Waals surface area contributed by atoms with Gasteiger partial charge in [0.25, 0.3) is 5.91 Å². The minimum absolute atomic E-state index is 0.135. The molecule has 0 saturated carbocycles. The Morgan fingerprint density at radius 2 is 2.00 bits per heavy atom. The third-order valence-corrected chi connectivity index (χ3v) is 4.64. The topological polar surface area (TPSA) is 71.3 Å². The molecule has 1 aromatic heterocycles. The van der Waals surface area contributed by atoms with Gasteiger partial charge in [0, 0.05) is 29.8 Å². The molecule has 1 aromatic carbocycles. The summed E-state index contributed by atoms with van der Waals surface area (Å²) in [6.07, 6.45) is 4.57. The van der Waals surface area contributed by atoms with Crippen molar-refractivity contribution in [3.63, 3.8) is 0 Å². The van der Waals surface area contributed by atoms with Gasteiger partial charge in [-0.2, -0.15) is 4.98 Å². The van der Waals surface area contributed by atoms with Crippen LogP contribution < -0.4 is 5.32 Å². The van der Waals surface area contributed by atoms with E-state index in [-0.39, 0.29) is 5.91 Å². The Morgan fingerprint density at radius 3 is 2.77 bits per heavy atom. The molecule has 1 N–H and O–H groups in total. The van der Waals surface area contributed by atoms with E-state index in [1.54, 1.807) is 0 Å². The van der Waals surface area contributed by atoms with E-state index in [4.69, 9.17) is 4.52 Å². The first-order valence-electron chi connectivity index (χ1n) is 7.73. The predicted octanol–water partition coefficient (Wildman–Crippen LogP) is 1.70. The number of benzene rings is 1. The second kappa shape index (κ2) is 5.53. The van der Waals surface area contributed by atoms with Gasteiger partial charge < -0.3 is 14.7 Å². The Morgan fingerprint density at radius 1 is 1.18 bits per heavy atom. The molecule has 2 fully saturated rings. The second-order valence-corrected chi connectivity index (χ2v) is 5.92. The van der Waals surface area contributed by atoms with Crippen LogP contribution in [0, 0.1) is 0 Å². The summed E-state index contributed by atoms with van der Waals surface area (Å²) in [6, 6.07) is 8.16. The van der Waals surface area contributed by atoms with Crippen LogP contribution in [-0.2, 0) is 0 Å². The average molecular weight is 298 g/mol. The molecule has 6 nitrogen and oxygen atoms in total. The Balaban J connectivity index is 1.57. The summed E-state index contributed by atoms with van der Waals surface area (Å²) in [5.41, 5.74) is 1.58. The average Bonchev–Trinajstić information content (AvgIpc) is 3.14. The van der Waals surface area contributed by atoms with Gasteiger partial charge >= 0.3 is 0 Å². The van der Waals surface area contributed by atoms with E-state index in [9.17, 15) is 4.79 Å². The van der Waals surface area contributed by atoms with Gasteiger partial charge in [0.05, 0.1) is 0 Å². The summed E-state index contributed by atoms with van der Waals surface area (Å²) < 4.78 is 4.75. The highest BCUT2D eigenvalue weighted by Gasteiger charge is 2.38. The SMILES string of the molecule is O=C(c1ccc(-c2ncon2)cc1)N1C2CCNCC1CC2. The van der Waals surface area contributed by atoms with Crippen molar-refractivity contribution >= 4 is 5.91 Å². The highest BCUT2D eigenvalue weighted by molar-refractivity contribution is 5.95. The fourth-order valence-corrected chi connectivity index (χ4v) is 3.52. The molecule has 1 amide bonds. The zero-order valence-corrected chi connectivity index (χ0v) is 12.2. The van der Waals surface area contributed by atoms with E-state index >= 15 is 0 Å². The van der Waals surface area contributed by atoms with Crippen molar-refractivity contribution < 1.29 is 9.32 Å². The number of rotatable bonds is 2. The molecule has 114 valence electrons. The first-order valence-corrected chi connectivity index (χ1v) is 7.73. The lowest BCUT2D eigenvalue weighted by Gasteiger charge is -2.28. The van der Waals surface area contributed by atoms with Gasteiger partial charge in [-0.3, -0.25) is 4.79 Å². The smallest absolute Gasteiger partial charge is 0.254 e. The molecule has 22 heavy (non-hydrogen) atoms. The summed E-state index contributed by atoms with van der Waals surface area (Å²) >= 11 is 0. The third kappa shape index (κ3) is 2.29. The summed E-state index contributed by atoms with van der Waals surface area (Å²) in [7, 11) is 0. The summed E-state index contributed by atoms with van der Waals surface area (Å²) in [5.74, 6) is 0.675. The molecule has 3 heterocycles. The molecular weight excluding hydrogens is 280 g/mol. The van der Waals surface area contributed by atoms with Gasteiger partial charge in [-0.25, -0.2) is 0 Å². The van der Waals surface area contributed by atoms with E-state index in [1.165, 1.54) is 6.39 Å². The molecule has 2 aromatic rings. The summed E-state index contributed by atoms with van der Waals surface area (Å²) in [5, 5.41) is 7.23. The normalized spacial score (nSPS) is 24.3. The van der Waals surface area contributed by atoms with E-state index in [2.05, 4.69) is 20.4 Å². The Kier molecular flexibility index (Phi) is 3.38. The van der Waals surface area contributed by atoms with E-state index < -0.39 is 0 Å². The molecule has 2 unspecified atom stereocenters. The number of nitrogens with one attached hydrogen (secondary N) is 1. The first kappa shape index (κ1) is 13.5. The molecule has 2 aliphatic rings. The van der Waals surface area contributed by atoms with Crippen LogP contribution in [0.4, 0.5) is 0 Å². The molecule has 2 atom stereocenters. The van der Waals surface area contributed by atoms with Crippen LogP contribution in [0.1, 0.15) is 29.6 Å². The van der Waals surface area contributed by atoms with Gasteiger partial charge in [-0.15, -0.1) is 0 Å². The van der Waals surface area contributed by atoms with Crippen molar-refractivity contribution in [1.29, 1.82) is 0 Å². The Bertz CT molecular complexity index is 639. The van der Waals surface area contributed by atoms with Crippen LogP contribution in [0.5, 0.6) is 0 Å². The van der Waals surface area contributed by atoms with E-state index in [0.717, 1.165) is 43.5 Å². The quantitative estimate of drug-likeness (QED) is 0.913. The predicted molar refractivity (Wildman–Crippen MR) is 80.2 cm³/mol. The molecule has 0 aliphatic carbocycles. The molecular formula is C16H18N4O2. The van der Waals surface area contributed by atoms with Gasteiger partial charge in [0.2, 0.25) is 12.2 Å². The third-order valence-electron chi connectivity index (χ3n) is 4.64. The highest BCUT2D eigenvalue weighted by Crippen LogP contribution is 2.29. The molecule has 0 radical (unpaired) electrons. The van der Waals surface area contributed by atoms with Crippen LogP contribution in [0.2, 0.25) is 0 Å². The summed E-state index contributed by atoms with van der Waals surface area (Å²) in [6.45, 7) is 1.91. The molecule has 2 saturated heterocycles. The van der Waals surface area contributed by atoms with Crippen molar-refractivity contribution in [1.82, 2.24) is 20.4 Å². The largest absolute Gasteiger partial charge is 0.342 e. The molecule has 4 rings (SSSR count). The zero-order chi connectivity index (χ0) is 14.9. The van der Waals surface area contributed by atoms with Crippen molar-refractivity contribution in [3.05, 3.63) is 36.2 Å². The number of carbonyl (C=O) groups is 1. The minimum atomic E-state index is 0.135. The number of amides is 1. The second-order valence-electron chi connectivity index (χ2n) is 5.92. The fraction of sp³-hybridized carbons (Fsp3) is 0.438. The number of hydrogen-bond donors (Lipinski definition) is 1. The van der Waals surface area contributed by atoms with Crippen LogP contribution >= 0.6 is 0 Å². The van der Waals surface area contributed by atoms with Gasteiger partial charge in [0.1, 0.15) is 0 Å². The number of nitrogens with zero attached hydrogens (tertiary/aromatic N) is 3. The van der Waals surface area contributed by atoms with Crippen LogP contribution in [0.15, 0.2) is 35.2 Å². The lowest BCUT2D eigenvalue weighted by atomic mass is 10.1. The van der Waals surface area contributed by atoms with Crippen molar-refractivity contribution in [2.24, 2.45) is 0 Å². The maximum absolute atomic E-state index is 12.9. The minimum Gasteiger partial charge on any atom is -0.342 e. The maximum Gasteiger partial charge on any atom is 0.254 e. The molecule has 6 heteroatoms. The maximum atomic E-state index is 12.9. The van der Waals surface area contributed by atoms with Crippen LogP contribution in [0.25, 0.3) is 11.4 Å². The highest BCUT2D eigenvalue weighted by atomic mass is 16.5. The Labute approximate surface area is 128 Å². The van der Waals surface area contributed by atoms with Crippen molar-refractivity contribution in [3.8, 4) is 11.4 Å². The van der Waals surface area contributed by atoms with Gasteiger partial charge in [-0.1, -0.05) is 17.3 Å². The molecule has 0 spiro atoms. The standard InChI is InChI=1S/C16H18N4O2/c21-16(20-13-5-6-14(20)9-17-8-7-13)12-3-1-11(2-4-12)15-18-10-22-19-15/h1-4,10,13-14,17H,5-9H2. The number of fused-ring (bicyclic) bond motifs is 2. The number of aromatic nitrogens is 2. The van der Waals surface area contributed by atoms with E-state index in [1.807, 2.05) is 24.3 Å². The lowest BCUT2D eigenvalue weighted by Crippen LogP contribution is -2.42. The lowest BCUT2D eigenvalue weighted by molar-refractivity contribution is 0.0680. The van der Waals surface area contributed by atoms with Gasteiger partial charge in [-0.05, 0) is 37.9 Å². The molecule has 2 bridgehead atoms. The summed E-state index contributed by atoms with van der Waals surface area (Å²) in [4.78, 5) is 19.0. The number of hydrogen-bond acceptors (Lipinski definition) is 5. The van der Waals surface area contributed by atoms with Gasteiger partial charge in [0.15, 0.2) is 0 Å². The van der Waals surface area contributed by atoms with E-state index in [0.29, 0.717) is 17.9 Å². The van der Waals surface area contributed by atoms with Crippen LogP contribution in [-0.4, -0.2) is 46.1 Å². The first-order chi connectivity index (χ1) is 10.8. The fourth-order valence-electron chi connectivity index (χ4n) is 3.52. The monoisotopic (exact) mass is 298 g/mol. The zero-order valence-electron chi connectivity index (χ0n) is 12.2. The Hall–Kier alpha value is -2.21. The van der Waals surface area contributed by atoms with Crippen molar-refractivity contribution in [2.45, 2.75) is 31.3 Å². The number of carbonyl (C=O) groups excluding carboxylic acids is 1. The van der Waals surface area contributed by atoms with Crippen molar-refractivity contribution in [2.75, 3.05) is 13.1 Å². The van der Waals surface area contributed by atoms with Crippen LogP contribution in [0.3, 0.4) is 0 Å².